The van der Waals surface area contributed by atoms with E-state index in [-0.39, 0.29) is 12.3 Å². The lowest BCUT2D eigenvalue weighted by Gasteiger charge is -2.29. The molecule has 4 nitrogen and oxygen atoms in total. The average molecular weight is 296 g/mol. The fourth-order valence-corrected chi connectivity index (χ4v) is 3.25. The number of hydrogen-bond donors (Lipinski definition) is 1. The molecule has 2 atom stereocenters. The molecule has 1 aliphatic rings. The Labute approximate surface area is 127 Å². The summed E-state index contributed by atoms with van der Waals surface area (Å²) in [5.74, 6) is -1.65. The first-order valence-corrected chi connectivity index (χ1v) is 7.80. The number of allylic oxidation sites excluding steroid dienone is 1. The predicted molar refractivity (Wildman–Crippen MR) is 81.8 cm³/mol. The van der Waals surface area contributed by atoms with Crippen LogP contribution >= 0.6 is 0 Å². The lowest BCUT2D eigenvalue weighted by molar-refractivity contribution is -0.161. The molecule has 21 heavy (non-hydrogen) atoms. The van der Waals surface area contributed by atoms with Gasteiger partial charge in [0.05, 0.1) is 12.3 Å². The van der Waals surface area contributed by atoms with Gasteiger partial charge in [0.2, 0.25) is 0 Å². The maximum Gasteiger partial charge on any atom is 0.307 e. The van der Waals surface area contributed by atoms with Crippen LogP contribution in [0.3, 0.4) is 0 Å². The molecule has 0 aromatic rings. The normalized spacial score (nSPS) is 19.0. The van der Waals surface area contributed by atoms with E-state index < -0.39 is 23.5 Å². The van der Waals surface area contributed by atoms with Crippen molar-refractivity contribution in [2.75, 3.05) is 0 Å². The van der Waals surface area contributed by atoms with Gasteiger partial charge in [0, 0.05) is 0 Å². The van der Waals surface area contributed by atoms with Gasteiger partial charge in [0.1, 0.15) is 5.60 Å². The summed E-state index contributed by atoms with van der Waals surface area (Å²) in [6.45, 7) is 9.11. The summed E-state index contributed by atoms with van der Waals surface area (Å²) in [7, 11) is 0. The molecule has 120 valence electrons. The first kappa shape index (κ1) is 17.7. The van der Waals surface area contributed by atoms with Gasteiger partial charge in [0.25, 0.3) is 0 Å². The number of carbonyl (C=O) groups is 2. The molecule has 0 radical (unpaired) electrons. The summed E-state index contributed by atoms with van der Waals surface area (Å²) in [5.41, 5.74) is -0.582. The van der Waals surface area contributed by atoms with Gasteiger partial charge in [-0.15, -0.1) is 6.58 Å². The zero-order chi connectivity index (χ0) is 16.0. The number of carboxylic acid groups (broad SMARTS) is 1. The van der Waals surface area contributed by atoms with Crippen LogP contribution in [0.2, 0.25) is 0 Å². The van der Waals surface area contributed by atoms with Crippen molar-refractivity contribution in [1.82, 2.24) is 0 Å². The minimum atomic E-state index is -0.903. The molecule has 0 saturated heterocycles. The molecule has 1 saturated carbocycles. The third kappa shape index (κ3) is 5.90. The smallest absolute Gasteiger partial charge is 0.307 e. The molecule has 1 aliphatic carbocycles. The Morgan fingerprint density at radius 2 is 1.90 bits per heavy atom. The van der Waals surface area contributed by atoms with Crippen molar-refractivity contribution < 1.29 is 19.4 Å². The molecule has 1 rings (SSSR count). The van der Waals surface area contributed by atoms with Crippen LogP contribution in [0.5, 0.6) is 0 Å². The lowest BCUT2D eigenvalue weighted by atomic mass is 9.77. The van der Waals surface area contributed by atoms with Gasteiger partial charge in [0.15, 0.2) is 0 Å². The van der Waals surface area contributed by atoms with Gasteiger partial charge in [-0.1, -0.05) is 31.8 Å². The predicted octanol–water partition coefficient (Wildman–Crippen LogP) is 3.80. The highest BCUT2D eigenvalue weighted by molar-refractivity contribution is 5.79. The molecule has 0 aromatic heterocycles. The average Bonchev–Trinajstić information content (AvgIpc) is 2.84. The van der Waals surface area contributed by atoms with Gasteiger partial charge in [-0.25, -0.2) is 0 Å². The standard InChI is InChI=1S/C17H28O4/c1-5-8-13(12-9-6-7-10-12)14(16(19)20)11-15(18)21-17(2,3)4/h5,12-14H,1,6-11H2,2-4H3,(H,19,20)/t13-,14+/m1/s1. The van der Waals surface area contributed by atoms with Gasteiger partial charge in [-0.2, -0.15) is 0 Å². The highest BCUT2D eigenvalue weighted by Gasteiger charge is 2.37. The van der Waals surface area contributed by atoms with E-state index in [1.165, 1.54) is 0 Å². The van der Waals surface area contributed by atoms with Crippen molar-refractivity contribution in [1.29, 1.82) is 0 Å². The molecular weight excluding hydrogens is 268 g/mol. The number of hydrogen-bond acceptors (Lipinski definition) is 3. The highest BCUT2D eigenvalue weighted by atomic mass is 16.6. The maximum absolute atomic E-state index is 12.0. The topological polar surface area (TPSA) is 63.6 Å². The second-order valence-corrected chi connectivity index (χ2v) is 6.97. The van der Waals surface area contributed by atoms with E-state index in [1.807, 2.05) is 0 Å². The van der Waals surface area contributed by atoms with Crippen molar-refractivity contribution >= 4 is 11.9 Å². The van der Waals surface area contributed by atoms with Crippen molar-refractivity contribution in [2.24, 2.45) is 17.8 Å². The van der Waals surface area contributed by atoms with E-state index in [2.05, 4.69) is 6.58 Å². The monoisotopic (exact) mass is 296 g/mol. The quantitative estimate of drug-likeness (QED) is 0.573. The van der Waals surface area contributed by atoms with Crippen LogP contribution < -0.4 is 0 Å². The highest BCUT2D eigenvalue weighted by Crippen LogP contribution is 2.39. The number of aliphatic carboxylic acids is 1. The summed E-state index contributed by atoms with van der Waals surface area (Å²) in [6.07, 6.45) is 6.77. The number of carboxylic acids is 1. The Hall–Kier alpha value is -1.32. The summed E-state index contributed by atoms with van der Waals surface area (Å²) >= 11 is 0. The summed E-state index contributed by atoms with van der Waals surface area (Å²) < 4.78 is 5.28. The molecule has 1 fully saturated rings. The molecule has 0 aliphatic heterocycles. The van der Waals surface area contributed by atoms with Crippen LogP contribution in [0.4, 0.5) is 0 Å². The summed E-state index contributed by atoms with van der Waals surface area (Å²) in [4.78, 5) is 23.6. The lowest BCUT2D eigenvalue weighted by Crippen LogP contribution is -2.33. The van der Waals surface area contributed by atoms with Crippen LogP contribution in [0, 0.1) is 17.8 Å². The second kappa shape index (κ2) is 7.62. The van der Waals surface area contributed by atoms with Gasteiger partial charge >= 0.3 is 11.9 Å². The Morgan fingerprint density at radius 3 is 2.33 bits per heavy atom. The molecule has 1 N–H and O–H groups in total. The van der Waals surface area contributed by atoms with Crippen LogP contribution in [-0.4, -0.2) is 22.6 Å². The van der Waals surface area contributed by atoms with E-state index in [0.717, 1.165) is 25.7 Å². The third-order valence-corrected chi connectivity index (χ3v) is 4.08. The first-order valence-electron chi connectivity index (χ1n) is 7.80. The molecule has 0 amide bonds. The number of esters is 1. The largest absolute Gasteiger partial charge is 0.481 e. The second-order valence-electron chi connectivity index (χ2n) is 6.97. The third-order valence-electron chi connectivity index (χ3n) is 4.08. The SMILES string of the molecule is C=CC[C@H](C1CCCC1)[C@H](CC(=O)OC(C)(C)C)C(=O)O. The van der Waals surface area contributed by atoms with E-state index >= 15 is 0 Å². The van der Waals surface area contributed by atoms with E-state index in [0.29, 0.717) is 12.3 Å². The van der Waals surface area contributed by atoms with E-state index in [4.69, 9.17) is 4.74 Å². The van der Waals surface area contributed by atoms with Gasteiger partial charge < -0.3 is 9.84 Å². The maximum atomic E-state index is 12.0. The van der Waals surface area contributed by atoms with Crippen LogP contribution in [0.25, 0.3) is 0 Å². The fraction of sp³-hybridized carbons (Fsp3) is 0.765. The molecular formula is C17H28O4. The molecule has 0 spiro atoms. The van der Waals surface area contributed by atoms with E-state index in [1.54, 1.807) is 26.8 Å². The number of ether oxygens (including phenoxy) is 1. The fourth-order valence-electron chi connectivity index (χ4n) is 3.25. The van der Waals surface area contributed by atoms with Crippen molar-refractivity contribution in [3.8, 4) is 0 Å². The Balaban J connectivity index is 2.79. The number of rotatable bonds is 7. The van der Waals surface area contributed by atoms with Gasteiger partial charge in [-0.05, 0) is 39.0 Å². The van der Waals surface area contributed by atoms with Crippen molar-refractivity contribution in [3.63, 3.8) is 0 Å². The Kier molecular flexibility index (Phi) is 6.43. The zero-order valence-corrected chi connectivity index (χ0v) is 13.4. The Morgan fingerprint density at radius 1 is 1.33 bits per heavy atom. The van der Waals surface area contributed by atoms with Crippen molar-refractivity contribution in [2.45, 2.75) is 64.9 Å². The van der Waals surface area contributed by atoms with Crippen LogP contribution in [0.15, 0.2) is 12.7 Å². The molecule has 4 heteroatoms. The molecule has 0 bridgehead atoms. The summed E-state index contributed by atoms with van der Waals surface area (Å²) in [6, 6.07) is 0. The van der Waals surface area contributed by atoms with Crippen LogP contribution in [0.1, 0.15) is 59.3 Å². The van der Waals surface area contributed by atoms with E-state index in [9.17, 15) is 14.7 Å². The minimum absolute atomic E-state index is 0.0185. The molecule has 0 aromatic carbocycles. The van der Waals surface area contributed by atoms with Crippen molar-refractivity contribution in [3.05, 3.63) is 12.7 Å². The Bertz CT molecular complexity index is 375. The molecule has 0 heterocycles. The number of carbonyl (C=O) groups excluding carboxylic acids is 1. The van der Waals surface area contributed by atoms with Crippen LogP contribution in [-0.2, 0) is 14.3 Å². The molecule has 0 unspecified atom stereocenters. The summed E-state index contributed by atoms with van der Waals surface area (Å²) in [5, 5.41) is 9.54. The first-order chi connectivity index (χ1) is 9.74. The zero-order valence-electron chi connectivity index (χ0n) is 13.4. The minimum Gasteiger partial charge on any atom is -0.481 e. The van der Waals surface area contributed by atoms with Gasteiger partial charge in [-0.3, -0.25) is 9.59 Å².